The van der Waals surface area contributed by atoms with E-state index in [0.717, 1.165) is 29.3 Å². The van der Waals surface area contributed by atoms with Crippen molar-refractivity contribution in [1.82, 2.24) is 14.8 Å². The Bertz CT molecular complexity index is 1070. The van der Waals surface area contributed by atoms with Gasteiger partial charge in [-0.15, -0.1) is 0 Å². The van der Waals surface area contributed by atoms with Gasteiger partial charge in [0.2, 0.25) is 0 Å². The maximum Gasteiger partial charge on any atom is 0.340 e. The molecule has 0 radical (unpaired) electrons. The van der Waals surface area contributed by atoms with Crippen molar-refractivity contribution in [1.29, 1.82) is 0 Å². The molecule has 1 amide bonds. The fraction of sp³-hybridized carbons (Fsp3) is 0.364. The Balaban J connectivity index is 1.43. The van der Waals surface area contributed by atoms with Crippen molar-refractivity contribution in [3.8, 4) is 0 Å². The van der Waals surface area contributed by atoms with Gasteiger partial charge in [0, 0.05) is 11.5 Å². The van der Waals surface area contributed by atoms with Crippen LogP contribution in [0.1, 0.15) is 53.3 Å². The second-order valence-electron chi connectivity index (χ2n) is 7.44. The zero-order valence-corrected chi connectivity index (χ0v) is 16.6. The van der Waals surface area contributed by atoms with Crippen molar-refractivity contribution in [2.75, 3.05) is 11.9 Å². The number of hydrogen-bond donors (Lipinski definition) is 1. The third kappa shape index (κ3) is 3.85. The monoisotopic (exact) mass is 392 g/mol. The molecular formula is C22H24N4O3. The summed E-state index contributed by atoms with van der Waals surface area (Å²) in [6.07, 6.45) is 6.15. The van der Waals surface area contributed by atoms with E-state index in [0.29, 0.717) is 23.1 Å². The number of amides is 1. The number of fused-ring (bicyclic) bond motifs is 1. The van der Waals surface area contributed by atoms with E-state index in [1.54, 1.807) is 19.2 Å². The number of carbonyl (C=O) groups is 2. The molecule has 1 aromatic carbocycles. The molecule has 4 rings (SSSR count). The lowest BCUT2D eigenvalue weighted by Crippen LogP contribution is -2.24. The van der Waals surface area contributed by atoms with Gasteiger partial charge in [-0.3, -0.25) is 9.78 Å². The van der Waals surface area contributed by atoms with Crippen molar-refractivity contribution >= 4 is 28.6 Å². The van der Waals surface area contributed by atoms with Gasteiger partial charge in [-0.05, 0) is 38.3 Å². The lowest BCUT2D eigenvalue weighted by atomic mass is 10.0. The standard InChI is InChI=1S/C22H24N4O3/c1-14-17-9-5-6-10-18(17)24-15(2)21(14)22(28)29-13-20(27)25-19-11-12-23-26(19)16-7-3-4-8-16/h5-6,9-12,16H,3-4,7-8,13H2,1-2H3,(H,25,27). The van der Waals surface area contributed by atoms with Crippen molar-refractivity contribution in [3.05, 3.63) is 53.3 Å². The van der Waals surface area contributed by atoms with E-state index in [9.17, 15) is 9.59 Å². The normalized spacial score (nSPS) is 14.3. The zero-order chi connectivity index (χ0) is 20.4. The Hall–Kier alpha value is -3.22. The molecule has 1 N–H and O–H groups in total. The first-order valence-corrected chi connectivity index (χ1v) is 9.91. The van der Waals surface area contributed by atoms with Crippen LogP contribution in [0.2, 0.25) is 0 Å². The van der Waals surface area contributed by atoms with Gasteiger partial charge in [0.1, 0.15) is 5.82 Å². The quantitative estimate of drug-likeness (QED) is 0.664. The van der Waals surface area contributed by atoms with Crippen LogP contribution in [-0.4, -0.2) is 33.2 Å². The fourth-order valence-corrected chi connectivity index (χ4v) is 4.07. The van der Waals surface area contributed by atoms with Crippen LogP contribution in [0.5, 0.6) is 0 Å². The number of carbonyl (C=O) groups excluding carboxylic acids is 2. The summed E-state index contributed by atoms with van der Waals surface area (Å²) in [5.41, 5.74) is 2.63. The van der Waals surface area contributed by atoms with Gasteiger partial charge in [0.05, 0.1) is 29.0 Å². The summed E-state index contributed by atoms with van der Waals surface area (Å²) in [6.45, 7) is 3.28. The molecule has 1 aliphatic rings. The topological polar surface area (TPSA) is 86.1 Å². The van der Waals surface area contributed by atoms with E-state index >= 15 is 0 Å². The summed E-state index contributed by atoms with van der Waals surface area (Å²) in [7, 11) is 0. The molecule has 1 fully saturated rings. The summed E-state index contributed by atoms with van der Waals surface area (Å²) >= 11 is 0. The summed E-state index contributed by atoms with van der Waals surface area (Å²) in [5.74, 6) is -0.294. The number of aryl methyl sites for hydroxylation is 2. The maximum absolute atomic E-state index is 12.7. The Morgan fingerprint density at radius 1 is 1.17 bits per heavy atom. The molecule has 7 heteroatoms. The van der Waals surface area contributed by atoms with Crippen LogP contribution in [0.3, 0.4) is 0 Å². The third-order valence-corrected chi connectivity index (χ3v) is 5.48. The highest BCUT2D eigenvalue weighted by atomic mass is 16.5. The fourth-order valence-electron chi connectivity index (χ4n) is 4.07. The number of pyridine rings is 1. The smallest absolute Gasteiger partial charge is 0.340 e. The van der Waals surface area contributed by atoms with Crippen LogP contribution in [0.25, 0.3) is 10.9 Å². The van der Waals surface area contributed by atoms with E-state index in [1.165, 1.54) is 12.8 Å². The number of rotatable bonds is 5. The number of aromatic nitrogens is 3. The second kappa shape index (κ2) is 8.03. The molecule has 1 aliphatic carbocycles. The molecule has 7 nitrogen and oxygen atoms in total. The first kappa shape index (κ1) is 19.1. The minimum atomic E-state index is -0.544. The summed E-state index contributed by atoms with van der Waals surface area (Å²) in [6, 6.07) is 9.72. The molecule has 0 aliphatic heterocycles. The van der Waals surface area contributed by atoms with Gasteiger partial charge < -0.3 is 10.1 Å². The Morgan fingerprint density at radius 3 is 2.72 bits per heavy atom. The van der Waals surface area contributed by atoms with E-state index < -0.39 is 5.97 Å². The van der Waals surface area contributed by atoms with E-state index in [-0.39, 0.29) is 12.5 Å². The summed E-state index contributed by atoms with van der Waals surface area (Å²) < 4.78 is 7.15. The number of hydrogen-bond acceptors (Lipinski definition) is 5. The highest BCUT2D eigenvalue weighted by Gasteiger charge is 2.22. The zero-order valence-electron chi connectivity index (χ0n) is 16.6. The van der Waals surface area contributed by atoms with Crippen molar-refractivity contribution in [3.63, 3.8) is 0 Å². The molecular weight excluding hydrogens is 368 g/mol. The van der Waals surface area contributed by atoms with Crippen molar-refractivity contribution < 1.29 is 14.3 Å². The molecule has 0 unspecified atom stereocenters. The highest BCUT2D eigenvalue weighted by molar-refractivity contribution is 6.00. The summed E-state index contributed by atoms with van der Waals surface area (Å²) in [5, 5.41) is 8.03. The first-order chi connectivity index (χ1) is 14.0. The number of nitrogens with one attached hydrogen (secondary N) is 1. The third-order valence-electron chi connectivity index (χ3n) is 5.48. The molecule has 1 saturated carbocycles. The Morgan fingerprint density at radius 2 is 1.93 bits per heavy atom. The minimum absolute atomic E-state index is 0.317. The van der Waals surface area contributed by atoms with Gasteiger partial charge in [-0.25, -0.2) is 9.48 Å². The van der Waals surface area contributed by atoms with Crippen LogP contribution < -0.4 is 5.32 Å². The lowest BCUT2D eigenvalue weighted by molar-refractivity contribution is -0.119. The Labute approximate surface area is 169 Å². The second-order valence-corrected chi connectivity index (χ2v) is 7.44. The van der Waals surface area contributed by atoms with Gasteiger partial charge in [-0.1, -0.05) is 31.0 Å². The van der Waals surface area contributed by atoms with Crippen LogP contribution in [0, 0.1) is 13.8 Å². The number of benzene rings is 1. The molecule has 2 aromatic heterocycles. The van der Waals surface area contributed by atoms with Crippen LogP contribution in [0.15, 0.2) is 36.5 Å². The van der Waals surface area contributed by atoms with E-state index in [2.05, 4.69) is 15.4 Å². The van der Waals surface area contributed by atoms with E-state index in [4.69, 9.17) is 4.74 Å². The van der Waals surface area contributed by atoms with Gasteiger partial charge >= 0.3 is 5.97 Å². The molecule has 150 valence electrons. The van der Waals surface area contributed by atoms with Gasteiger partial charge in [-0.2, -0.15) is 5.10 Å². The van der Waals surface area contributed by atoms with Gasteiger partial charge in [0.15, 0.2) is 6.61 Å². The average Bonchev–Trinajstić information content (AvgIpc) is 3.38. The number of para-hydroxylation sites is 1. The molecule has 2 heterocycles. The number of esters is 1. The predicted octanol–water partition coefficient (Wildman–Crippen LogP) is 3.96. The van der Waals surface area contributed by atoms with Crippen LogP contribution >= 0.6 is 0 Å². The van der Waals surface area contributed by atoms with E-state index in [1.807, 2.05) is 35.9 Å². The molecule has 3 aromatic rings. The predicted molar refractivity (Wildman–Crippen MR) is 110 cm³/mol. The van der Waals surface area contributed by atoms with Crippen molar-refractivity contribution in [2.45, 2.75) is 45.6 Å². The van der Waals surface area contributed by atoms with Gasteiger partial charge in [0.25, 0.3) is 5.91 Å². The number of nitrogens with zero attached hydrogens (tertiary/aromatic N) is 3. The SMILES string of the molecule is Cc1nc2ccccc2c(C)c1C(=O)OCC(=O)Nc1ccnn1C1CCCC1. The largest absolute Gasteiger partial charge is 0.452 e. The molecule has 0 atom stereocenters. The molecule has 0 bridgehead atoms. The average molecular weight is 392 g/mol. The number of ether oxygens (including phenoxy) is 1. The lowest BCUT2D eigenvalue weighted by Gasteiger charge is -2.15. The molecule has 29 heavy (non-hydrogen) atoms. The number of anilines is 1. The highest BCUT2D eigenvalue weighted by Crippen LogP contribution is 2.31. The van der Waals surface area contributed by atoms with Crippen LogP contribution in [0.4, 0.5) is 5.82 Å². The van der Waals surface area contributed by atoms with Crippen molar-refractivity contribution in [2.24, 2.45) is 0 Å². The minimum Gasteiger partial charge on any atom is -0.452 e. The molecule has 0 spiro atoms. The summed E-state index contributed by atoms with van der Waals surface area (Å²) in [4.78, 5) is 29.5. The molecule has 0 saturated heterocycles. The Kier molecular flexibility index (Phi) is 5.29. The maximum atomic E-state index is 12.7. The first-order valence-electron chi connectivity index (χ1n) is 9.91. The van der Waals surface area contributed by atoms with Crippen LogP contribution in [-0.2, 0) is 9.53 Å².